The molecule has 1 aliphatic heterocycles. The maximum atomic E-state index is 12.9. The number of anilines is 1. The predicted octanol–water partition coefficient (Wildman–Crippen LogP) is 0.317. The summed E-state index contributed by atoms with van der Waals surface area (Å²) in [6.45, 7) is 2.24. The molecule has 15 heteroatoms. The highest BCUT2D eigenvalue weighted by molar-refractivity contribution is 5.77. The number of aromatic amines is 1. The van der Waals surface area contributed by atoms with E-state index in [1.807, 2.05) is 4.90 Å². The summed E-state index contributed by atoms with van der Waals surface area (Å²) < 4.78 is 49.1. The van der Waals surface area contributed by atoms with Crippen LogP contribution in [0.4, 0.5) is 19.0 Å². The average molecular weight is 450 g/mol. The lowest BCUT2D eigenvalue weighted by Gasteiger charge is -2.27. The molecule has 0 amide bonds. The van der Waals surface area contributed by atoms with Gasteiger partial charge in [-0.3, -0.25) is 14.5 Å². The third-order valence-corrected chi connectivity index (χ3v) is 4.42. The Bertz CT molecular complexity index is 1250. The highest BCUT2D eigenvalue weighted by atomic mass is 19.4. The third kappa shape index (κ3) is 4.03. The van der Waals surface area contributed by atoms with Gasteiger partial charge in [0.25, 0.3) is 5.56 Å². The number of carbonyl (C=O) groups is 1. The number of nitrogens with zero attached hydrogens (tertiary/aromatic N) is 7. The molecule has 1 fully saturated rings. The van der Waals surface area contributed by atoms with Gasteiger partial charge in [-0.25, -0.2) is 14.8 Å². The van der Waals surface area contributed by atoms with Crippen molar-refractivity contribution >= 4 is 11.8 Å². The lowest BCUT2D eigenvalue weighted by atomic mass is 10.4. The van der Waals surface area contributed by atoms with Crippen LogP contribution in [0, 0.1) is 11.3 Å². The van der Waals surface area contributed by atoms with E-state index < -0.39 is 23.7 Å². The number of nitrogens with one attached hydrogen (secondary N) is 1. The summed E-state index contributed by atoms with van der Waals surface area (Å²) in [6, 6.07) is 2.27. The molecule has 0 unspecified atom stereocenters. The number of esters is 1. The molecule has 0 atom stereocenters. The van der Waals surface area contributed by atoms with E-state index >= 15 is 0 Å². The number of imidazole rings is 1. The van der Waals surface area contributed by atoms with Crippen LogP contribution in [0.15, 0.2) is 29.6 Å². The number of ether oxygens (including phenoxy) is 2. The lowest BCUT2D eigenvalue weighted by Crippen LogP contribution is -2.37. The SMILES string of the molecule is N#Cc1cn(-c2c[nH]n(-c3cc(N4CCOCC4)ncn3)c2=O)c(OC(=O)C(F)(F)F)n1. The number of nitriles is 1. The maximum Gasteiger partial charge on any atom is 0.491 e. The Morgan fingerprint density at radius 1 is 1.25 bits per heavy atom. The first-order chi connectivity index (χ1) is 15.3. The van der Waals surface area contributed by atoms with Gasteiger partial charge in [0.15, 0.2) is 11.5 Å². The van der Waals surface area contributed by atoms with E-state index in [1.165, 1.54) is 6.33 Å². The van der Waals surface area contributed by atoms with Crippen molar-refractivity contribution in [2.45, 2.75) is 6.18 Å². The molecule has 1 saturated heterocycles. The van der Waals surface area contributed by atoms with E-state index in [2.05, 4.69) is 24.8 Å². The Kier molecular flexibility index (Phi) is 5.36. The molecule has 3 aromatic rings. The van der Waals surface area contributed by atoms with Crippen molar-refractivity contribution in [2.75, 3.05) is 31.2 Å². The van der Waals surface area contributed by atoms with E-state index in [0.29, 0.717) is 32.1 Å². The van der Waals surface area contributed by atoms with Gasteiger partial charge in [-0.15, -0.1) is 0 Å². The van der Waals surface area contributed by atoms with Crippen LogP contribution >= 0.6 is 0 Å². The first-order valence-corrected chi connectivity index (χ1v) is 9.02. The fourth-order valence-electron chi connectivity index (χ4n) is 2.93. The molecular weight excluding hydrogens is 437 g/mol. The molecule has 1 aliphatic rings. The van der Waals surface area contributed by atoms with Gasteiger partial charge >= 0.3 is 18.2 Å². The topological polar surface area (TPSA) is 144 Å². The second kappa shape index (κ2) is 8.15. The van der Waals surface area contributed by atoms with Gasteiger partial charge in [-0.05, 0) is 0 Å². The van der Waals surface area contributed by atoms with E-state index in [9.17, 15) is 22.8 Å². The molecule has 0 aliphatic carbocycles. The van der Waals surface area contributed by atoms with E-state index in [4.69, 9.17) is 10.00 Å². The smallest absolute Gasteiger partial charge is 0.385 e. The molecule has 0 radical (unpaired) electrons. The Morgan fingerprint density at radius 2 is 1.97 bits per heavy atom. The van der Waals surface area contributed by atoms with Crippen LogP contribution in [0.25, 0.3) is 11.5 Å². The van der Waals surface area contributed by atoms with Crippen molar-refractivity contribution in [3.05, 3.63) is 40.8 Å². The second-order valence-corrected chi connectivity index (χ2v) is 6.41. The molecule has 1 N–H and O–H groups in total. The zero-order valence-electron chi connectivity index (χ0n) is 16.0. The summed E-state index contributed by atoms with van der Waals surface area (Å²) in [5.74, 6) is -1.83. The van der Waals surface area contributed by atoms with Crippen molar-refractivity contribution in [2.24, 2.45) is 0 Å². The number of halogens is 3. The van der Waals surface area contributed by atoms with E-state index in [0.717, 1.165) is 21.6 Å². The summed E-state index contributed by atoms with van der Waals surface area (Å²) in [4.78, 5) is 37.8. The van der Waals surface area contributed by atoms with Crippen LogP contribution in [-0.4, -0.2) is 67.7 Å². The van der Waals surface area contributed by atoms with Crippen molar-refractivity contribution < 1.29 is 27.4 Å². The van der Waals surface area contributed by atoms with Crippen molar-refractivity contribution in [1.29, 1.82) is 5.26 Å². The molecule has 4 rings (SSSR count). The molecule has 12 nitrogen and oxygen atoms in total. The van der Waals surface area contributed by atoms with Gasteiger partial charge in [0.1, 0.15) is 23.9 Å². The molecule has 0 saturated carbocycles. The van der Waals surface area contributed by atoms with Gasteiger partial charge < -0.3 is 14.4 Å². The molecule has 166 valence electrons. The van der Waals surface area contributed by atoms with Gasteiger partial charge in [0.05, 0.1) is 19.4 Å². The minimum atomic E-state index is -5.29. The minimum absolute atomic E-state index is 0.159. The van der Waals surface area contributed by atoms with Crippen LogP contribution in [-0.2, 0) is 9.53 Å². The average Bonchev–Trinajstić information content (AvgIpc) is 3.36. The second-order valence-electron chi connectivity index (χ2n) is 6.41. The fraction of sp³-hybridized carbons (Fsp3) is 0.294. The standard InChI is InChI=1S/C17H13F3N8O4/c18-17(19,20)15(30)32-16-25-10(6-21)8-27(16)11-7-24-28(14(11)29)13-5-12(22-9-23-13)26-1-3-31-4-2-26/h5,7-9,24H,1-4H2. The van der Waals surface area contributed by atoms with Crippen LogP contribution < -0.4 is 15.2 Å². The summed E-state index contributed by atoms with van der Waals surface area (Å²) in [6.07, 6.45) is -1.92. The van der Waals surface area contributed by atoms with Gasteiger partial charge in [-0.1, -0.05) is 0 Å². The Balaban J connectivity index is 1.70. The third-order valence-electron chi connectivity index (χ3n) is 4.42. The monoisotopic (exact) mass is 450 g/mol. The number of morpholine rings is 1. The molecule has 0 spiro atoms. The Morgan fingerprint density at radius 3 is 2.66 bits per heavy atom. The number of aromatic nitrogens is 6. The normalized spacial score (nSPS) is 14.2. The zero-order valence-corrected chi connectivity index (χ0v) is 16.0. The predicted molar refractivity (Wildman–Crippen MR) is 98.5 cm³/mol. The summed E-state index contributed by atoms with van der Waals surface area (Å²) >= 11 is 0. The van der Waals surface area contributed by atoms with Crippen molar-refractivity contribution in [3.63, 3.8) is 0 Å². The maximum absolute atomic E-state index is 12.9. The summed E-state index contributed by atoms with van der Waals surface area (Å²) in [5.41, 5.74) is -1.36. The molecular formula is C17H13F3N8O4. The summed E-state index contributed by atoms with van der Waals surface area (Å²) in [5, 5.41) is 11.6. The fourth-order valence-corrected chi connectivity index (χ4v) is 2.93. The molecule has 0 bridgehead atoms. The van der Waals surface area contributed by atoms with E-state index in [1.54, 1.807) is 12.1 Å². The molecule has 32 heavy (non-hydrogen) atoms. The number of hydrogen-bond acceptors (Lipinski definition) is 9. The first-order valence-electron chi connectivity index (χ1n) is 9.02. The largest absolute Gasteiger partial charge is 0.491 e. The highest BCUT2D eigenvalue weighted by Crippen LogP contribution is 2.22. The van der Waals surface area contributed by atoms with Crippen LogP contribution in [0.5, 0.6) is 6.01 Å². The number of rotatable bonds is 4. The zero-order chi connectivity index (χ0) is 22.9. The first kappa shape index (κ1) is 21.1. The number of hydrogen-bond donors (Lipinski definition) is 1. The Hall–Kier alpha value is -4.19. The molecule has 0 aromatic carbocycles. The molecule has 3 aromatic heterocycles. The number of alkyl halides is 3. The quantitative estimate of drug-likeness (QED) is 0.556. The molecule has 4 heterocycles. The van der Waals surface area contributed by atoms with Gasteiger partial charge in [0, 0.05) is 25.4 Å². The van der Waals surface area contributed by atoms with Crippen LogP contribution in [0.2, 0.25) is 0 Å². The Labute approximate surface area is 176 Å². The van der Waals surface area contributed by atoms with Crippen LogP contribution in [0.3, 0.4) is 0 Å². The van der Waals surface area contributed by atoms with Gasteiger partial charge in [0.2, 0.25) is 0 Å². The number of H-pyrrole nitrogens is 1. The highest BCUT2D eigenvalue weighted by Gasteiger charge is 2.42. The van der Waals surface area contributed by atoms with E-state index in [-0.39, 0.29) is 17.2 Å². The summed E-state index contributed by atoms with van der Waals surface area (Å²) in [7, 11) is 0. The minimum Gasteiger partial charge on any atom is -0.385 e. The van der Waals surface area contributed by atoms with Crippen molar-refractivity contribution in [1.82, 2.24) is 29.3 Å². The lowest BCUT2D eigenvalue weighted by molar-refractivity contribution is -0.190. The van der Waals surface area contributed by atoms with Crippen LogP contribution in [0.1, 0.15) is 5.69 Å². The van der Waals surface area contributed by atoms with Gasteiger partial charge in [-0.2, -0.15) is 28.1 Å². The van der Waals surface area contributed by atoms with Crippen molar-refractivity contribution in [3.8, 4) is 23.6 Å². The number of carbonyl (C=O) groups excluding carboxylic acids is 1.